The summed E-state index contributed by atoms with van der Waals surface area (Å²) in [5.74, 6) is 0. The minimum Gasteiger partial charge on any atom is -0.378 e. The highest BCUT2D eigenvalue weighted by molar-refractivity contribution is 5.88. The number of nitrogens with zero attached hydrogens (tertiary/aromatic N) is 3. The van der Waals surface area contributed by atoms with E-state index in [4.69, 9.17) is 0 Å². The highest BCUT2D eigenvalue weighted by Gasteiger charge is 2.01. The van der Waals surface area contributed by atoms with Gasteiger partial charge in [0.05, 0.1) is 0 Å². The van der Waals surface area contributed by atoms with Gasteiger partial charge in [-0.05, 0) is 57.0 Å². The maximum absolute atomic E-state index is 4.44. The van der Waals surface area contributed by atoms with Crippen LogP contribution in [-0.2, 0) is 0 Å². The van der Waals surface area contributed by atoms with Gasteiger partial charge in [-0.3, -0.25) is 9.98 Å². The molecule has 0 atom stereocenters. The molecule has 1 rings (SSSR count). The minimum atomic E-state index is 0.316. The van der Waals surface area contributed by atoms with Gasteiger partial charge in [0.25, 0.3) is 0 Å². The Hall–Kier alpha value is -1.64. The summed E-state index contributed by atoms with van der Waals surface area (Å²) in [5.41, 5.74) is 3.40. The highest BCUT2D eigenvalue weighted by atomic mass is 15.1. The molecule has 0 radical (unpaired) electrons. The zero-order chi connectivity index (χ0) is 14.4. The van der Waals surface area contributed by atoms with E-state index in [1.807, 2.05) is 26.5 Å². The van der Waals surface area contributed by atoms with Crippen molar-refractivity contribution in [2.24, 2.45) is 9.98 Å². The molecule has 0 heterocycles. The maximum Gasteiger partial charge on any atom is 0.0443 e. The Kier molecular flexibility index (Phi) is 5.74. The molecule has 0 spiro atoms. The van der Waals surface area contributed by atoms with E-state index in [9.17, 15) is 0 Å². The quantitative estimate of drug-likeness (QED) is 0.745. The number of benzene rings is 1. The van der Waals surface area contributed by atoms with Crippen molar-refractivity contribution >= 4 is 18.1 Å². The van der Waals surface area contributed by atoms with Crippen molar-refractivity contribution in [2.45, 2.75) is 39.8 Å². The van der Waals surface area contributed by atoms with Crippen molar-refractivity contribution in [1.82, 2.24) is 0 Å². The van der Waals surface area contributed by atoms with Crippen LogP contribution < -0.4 is 4.90 Å². The molecule has 0 N–H and O–H groups in total. The van der Waals surface area contributed by atoms with E-state index in [1.165, 1.54) is 0 Å². The number of hydrogen-bond acceptors (Lipinski definition) is 3. The monoisotopic (exact) mass is 259 g/mol. The van der Waals surface area contributed by atoms with E-state index in [0.717, 1.165) is 16.8 Å². The molecular weight excluding hydrogens is 234 g/mol. The first-order valence-electron chi connectivity index (χ1n) is 6.77. The SMILES string of the molecule is CC(C)/N=C/c1cc(/C=N/C(C)C)cc(N(C)C)c1. The van der Waals surface area contributed by atoms with Crippen molar-refractivity contribution in [1.29, 1.82) is 0 Å². The molecule has 0 unspecified atom stereocenters. The Morgan fingerprint density at radius 3 is 1.58 bits per heavy atom. The van der Waals surface area contributed by atoms with Crippen LogP contribution in [0, 0.1) is 0 Å². The van der Waals surface area contributed by atoms with Crippen molar-refractivity contribution in [3.05, 3.63) is 29.3 Å². The van der Waals surface area contributed by atoms with Crippen LogP contribution in [0.15, 0.2) is 28.2 Å². The van der Waals surface area contributed by atoms with Crippen molar-refractivity contribution in [3.63, 3.8) is 0 Å². The Bertz CT molecular complexity index is 421. The van der Waals surface area contributed by atoms with Crippen LogP contribution in [0.4, 0.5) is 5.69 Å². The Balaban J connectivity index is 3.10. The standard InChI is InChI=1S/C16H25N3/c1-12(2)17-10-14-7-15(11-18-13(3)4)9-16(8-14)19(5)6/h7-13H,1-6H3/b17-10+,18-11+. The highest BCUT2D eigenvalue weighted by Crippen LogP contribution is 2.16. The molecule has 0 saturated heterocycles. The van der Waals surface area contributed by atoms with Gasteiger partial charge in [0.15, 0.2) is 0 Å². The van der Waals surface area contributed by atoms with Crippen LogP contribution in [0.3, 0.4) is 0 Å². The van der Waals surface area contributed by atoms with Gasteiger partial charge in [0, 0.05) is 44.3 Å². The van der Waals surface area contributed by atoms with Gasteiger partial charge in [0.2, 0.25) is 0 Å². The first-order valence-corrected chi connectivity index (χ1v) is 6.77. The van der Waals surface area contributed by atoms with Crippen LogP contribution in [0.1, 0.15) is 38.8 Å². The third-order valence-electron chi connectivity index (χ3n) is 2.52. The molecule has 0 aliphatic carbocycles. The second-order valence-corrected chi connectivity index (χ2v) is 5.50. The van der Waals surface area contributed by atoms with Crippen molar-refractivity contribution in [3.8, 4) is 0 Å². The van der Waals surface area contributed by atoms with E-state index in [1.54, 1.807) is 0 Å². The fraction of sp³-hybridized carbons (Fsp3) is 0.500. The van der Waals surface area contributed by atoms with Gasteiger partial charge < -0.3 is 4.90 Å². The number of aliphatic imine (C=N–C) groups is 2. The van der Waals surface area contributed by atoms with E-state index >= 15 is 0 Å². The first kappa shape index (κ1) is 15.4. The lowest BCUT2D eigenvalue weighted by Crippen LogP contribution is -2.09. The van der Waals surface area contributed by atoms with Gasteiger partial charge in [-0.25, -0.2) is 0 Å². The average Bonchev–Trinajstić information content (AvgIpc) is 2.33. The normalized spacial score (nSPS) is 12.2. The molecule has 3 nitrogen and oxygen atoms in total. The molecule has 0 aliphatic heterocycles. The van der Waals surface area contributed by atoms with Crippen molar-refractivity contribution < 1.29 is 0 Å². The topological polar surface area (TPSA) is 28.0 Å². The molecule has 0 bridgehead atoms. The van der Waals surface area contributed by atoms with Gasteiger partial charge >= 0.3 is 0 Å². The van der Waals surface area contributed by atoms with E-state index in [0.29, 0.717) is 12.1 Å². The van der Waals surface area contributed by atoms with E-state index < -0.39 is 0 Å². The van der Waals surface area contributed by atoms with Gasteiger partial charge in [-0.15, -0.1) is 0 Å². The van der Waals surface area contributed by atoms with Gasteiger partial charge in [0.1, 0.15) is 0 Å². The van der Waals surface area contributed by atoms with Gasteiger partial charge in [-0.1, -0.05) is 0 Å². The molecular formula is C16H25N3. The lowest BCUT2D eigenvalue weighted by molar-refractivity contribution is 0.841. The van der Waals surface area contributed by atoms with Crippen LogP contribution in [0.25, 0.3) is 0 Å². The summed E-state index contributed by atoms with van der Waals surface area (Å²) in [6.07, 6.45) is 3.87. The predicted octanol–water partition coefficient (Wildman–Crippen LogP) is 3.41. The molecule has 1 aromatic carbocycles. The zero-order valence-electron chi connectivity index (χ0n) is 12.9. The van der Waals surface area contributed by atoms with Crippen LogP contribution in [0.2, 0.25) is 0 Å². The van der Waals surface area contributed by atoms with Crippen molar-refractivity contribution in [2.75, 3.05) is 19.0 Å². The number of hydrogen-bond donors (Lipinski definition) is 0. The Morgan fingerprint density at radius 1 is 0.842 bits per heavy atom. The lowest BCUT2D eigenvalue weighted by Gasteiger charge is -2.14. The molecule has 0 aliphatic rings. The minimum absolute atomic E-state index is 0.316. The molecule has 3 heteroatoms. The summed E-state index contributed by atoms with van der Waals surface area (Å²) < 4.78 is 0. The largest absolute Gasteiger partial charge is 0.378 e. The second-order valence-electron chi connectivity index (χ2n) is 5.50. The maximum atomic E-state index is 4.44. The fourth-order valence-corrected chi connectivity index (χ4v) is 1.54. The molecule has 1 aromatic rings. The smallest absolute Gasteiger partial charge is 0.0443 e. The molecule has 0 fully saturated rings. The summed E-state index contributed by atoms with van der Waals surface area (Å²) in [6, 6.07) is 7.02. The molecule has 0 amide bonds. The van der Waals surface area contributed by atoms with Crippen LogP contribution in [-0.4, -0.2) is 38.6 Å². The molecule has 104 valence electrons. The third-order valence-corrected chi connectivity index (χ3v) is 2.52. The van der Waals surface area contributed by atoms with E-state index in [-0.39, 0.29) is 0 Å². The predicted molar refractivity (Wildman–Crippen MR) is 86.2 cm³/mol. The average molecular weight is 259 g/mol. The van der Waals surface area contributed by atoms with Crippen LogP contribution in [0.5, 0.6) is 0 Å². The summed E-state index contributed by atoms with van der Waals surface area (Å²) >= 11 is 0. The summed E-state index contributed by atoms with van der Waals surface area (Å²) in [6.45, 7) is 8.31. The Morgan fingerprint density at radius 2 is 1.26 bits per heavy atom. The number of rotatable bonds is 5. The summed E-state index contributed by atoms with van der Waals surface area (Å²) in [5, 5.41) is 0. The zero-order valence-corrected chi connectivity index (χ0v) is 12.9. The fourth-order valence-electron chi connectivity index (χ4n) is 1.54. The van der Waals surface area contributed by atoms with E-state index in [2.05, 4.69) is 60.8 Å². The second kappa shape index (κ2) is 7.07. The summed E-state index contributed by atoms with van der Waals surface area (Å²) in [4.78, 5) is 11.0. The first-order chi connectivity index (χ1) is 8.88. The Labute approximate surface area is 117 Å². The van der Waals surface area contributed by atoms with Gasteiger partial charge in [-0.2, -0.15) is 0 Å². The molecule has 0 saturated carbocycles. The third kappa shape index (κ3) is 5.69. The van der Waals surface area contributed by atoms with Crippen LogP contribution >= 0.6 is 0 Å². The lowest BCUT2D eigenvalue weighted by atomic mass is 10.1. The summed E-state index contributed by atoms with van der Waals surface area (Å²) in [7, 11) is 4.09. The number of anilines is 1. The molecule has 0 aromatic heterocycles. The molecule has 19 heavy (non-hydrogen) atoms.